The minimum atomic E-state index is -0.624. The van der Waals surface area contributed by atoms with Crippen molar-refractivity contribution in [1.29, 1.82) is 0 Å². The highest BCUT2D eigenvalue weighted by molar-refractivity contribution is 6.07. The van der Waals surface area contributed by atoms with Crippen molar-refractivity contribution in [3.63, 3.8) is 0 Å². The largest absolute Gasteiger partial charge is 0.319 e. The van der Waals surface area contributed by atoms with Crippen molar-refractivity contribution < 1.29 is 9.18 Å². The third kappa shape index (κ3) is 3.55. The van der Waals surface area contributed by atoms with E-state index >= 15 is 0 Å². The van der Waals surface area contributed by atoms with Crippen molar-refractivity contribution in [3.05, 3.63) is 0 Å². The minimum absolute atomic E-state index is 0.292. The highest BCUT2D eigenvalue weighted by Gasteiger charge is 2.27. The average Bonchev–Trinajstić information content (AvgIpc) is 1.85. The lowest BCUT2D eigenvalue weighted by Crippen LogP contribution is -2.47. The molecule has 0 saturated carbocycles. The van der Waals surface area contributed by atoms with Gasteiger partial charge in [-0.3, -0.25) is 4.79 Å². The summed E-state index contributed by atoms with van der Waals surface area (Å²) in [6, 6.07) is -0.624. The Bertz CT molecular complexity index is 144. The van der Waals surface area contributed by atoms with E-state index < -0.39 is 11.9 Å². The predicted molar refractivity (Wildman–Crippen MR) is 42.5 cm³/mol. The molecule has 1 unspecified atom stereocenters. The highest BCUT2D eigenvalue weighted by Crippen LogP contribution is 2.16. The number of amides is 1. The van der Waals surface area contributed by atoms with Crippen LogP contribution in [-0.2, 0) is 9.18 Å². The molecule has 11 heavy (non-hydrogen) atoms. The first-order chi connectivity index (χ1) is 4.89. The van der Waals surface area contributed by atoms with E-state index in [0.717, 1.165) is 0 Å². The zero-order valence-corrected chi connectivity index (χ0v) is 7.61. The lowest BCUT2D eigenvalue weighted by atomic mass is 9.87. The molecule has 0 saturated heterocycles. The number of nitrogens with one attached hydrogen (secondary N) is 1. The normalized spacial score (nSPS) is 14.3. The maximum Gasteiger partial charge on any atom is 0.262 e. The molecule has 66 valence electrons. The van der Waals surface area contributed by atoms with Crippen LogP contribution in [0.25, 0.3) is 0 Å². The average molecular weight is 181 g/mol. The summed E-state index contributed by atoms with van der Waals surface area (Å²) in [4.78, 5) is 10.9. The van der Waals surface area contributed by atoms with Gasteiger partial charge in [0.05, 0.1) is 17.9 Å². The molecule has 1 atom stereocenters. The minimum Gasteiger partial charge on any atom is -0.319 e. The quantitative estimate of drug-likeness (QED) is 0.611. The molecule has 0 aromatic carbocycles. The van der Waals surface area contributed by atoms with Gasteiger partial charge in [-0.1, -0.05) is 20.8 Å². The highest BCUT2D eigenvalue weighted by atomic mass is 35.5. The summed E-state index contributed by atoms with van der Waals surface area (Å²) in [6.45, 7) is 5.56. The van der Waals surface area contributed by atoms with Gasteiger partial charge >= 0.3 is 0 Å². The number of hydroxylamine groups is 1. The summed E-state index contributed by atoms with van der Waals surface area (Å²) < 4.78 is 3.91. The molecule has 0 heterocycles. The van der Waals surface area contributed by atoms with Crippen LogP contribution >= 0.6 is 11.9 Å². The van der Waals surface area contributed by atoms with Crippen molar-refractivity contribution in [3.8, 4) is 0 Å². The second-order valence-corrected chi connectivity index (χ2v) is 3.54. The molecular weight excluding hydrogens is 168 g/mol. The van der Waals surface area contributed by atoms with Gasteiger partial charge in [-0.05, 0) is 5.41 Å². The Morgan fingerprint density at radius 1 is 1.64 bits per heavy atom. The smallest absolute Gasteiger partial charge is 0.262 e. The van der Waals surface area contributed by atoms with Gasteiger partial charge in [0, 0.05) is 0 Å². The number of carbonyl (C=O) groups is 1. The van der Waals surface area contributed by atoms with Crippen LogP contribution in [0.15, 0.2) is 0 Å². The third-order valence-electron chi connectivity index (χ3n) is 1.35. The van der Waals surface area contributed by atoms with Gasteiger partial charge in [0.1, 0.15) is 0 Å². The molecule has 0 bridgehead atoms. The Morgan fingerprint density at radius 2 is 2.09 bits per heavy atom. The van der Waals surface area contributed by atoms with Gasteiger partial charge in [-0.2, -0.15) is 4.39 Å². The second-order valence-electron chi connectivity index (χ2n) is 3.39. The second kappa shape index (κ2) is 3.90. The number of hydrogen-bond donors (Lipinski definition) is 2. The fourth-order valence-corrected chi connectivity index (χ4v) is 0.571. The van der Waals surface area contributed by atoms with Crippen molar-refractivity contribution >= 4 is 17.8 Å². The summed E-state index contributed by atoms with van der Waals surface area (Å²) in [5.41, 5.74) is 7.19. The molecule has 0 aromatic rings. The summed E-state index contributed by atoms with van der Waals surface area (Å²) in [7, 11) is 0. The van der Waals surface area contributed by atoms with Crippen LogP contribution in [0.2, 0.25) is 0 Å². The first-order valence-corrected chi connectivity index (χ1v) is 3.53. The molecule has 0 rings (SSSR count). The van der Waals surface area contributed by atoms with Crippen LogP contribution in [0.1, 0.15) is 20.8 Å². The zero-order valence-electron chi connectivity index (χ0n) is 6.85. The lowest BCUT2D eigenvalue weighted by molar-refractivity contribution is -0.131. The van der Waals surface area contributed by atoms with Gasteiger partial charge in [0.25, 0.3) is 5.91 Å². The molecule has 0 spiro atoms. The van der Waals surface area contributed by atoms with Gasteiger partial charge in [0.15, 0.2) is 0 Å². The number of nitrogens with two attached hydrogens (primary N) is 1. The number of hydrogen-bond acceptors (Lipinski definition) is 3. The third-order valence-corrected chi connectivity index (χ3v) is 1.43. The molecule has 0 aliphatic heterocycles. The topological polar surface area (TPSA) is 64.4 Å². The summed E-state index contributed by atoms with van der Waals surface area (Å²) >= 11 is 4.80. The summed E-state index contributed by atoms with van der Waals surface area (Å²) in [6.07, 6.45) is 0. The van der Waals surface area contributed by atoms with E-state index in [1.54, 1.807) is 0 Å². The first kappa shape index (κ1) is 10.7. The standard InChI is InChI=1S/C6H13ClN2O2/c1-6(2,3)4(8)5(10)9-11-7/h4H,8H2,1-3H3,(H,9,10). The van der Waals surface area contributed by atoms with Gasteiger partial charge in [-0.25, -0.2) is 5.48 Å². The lowest BCUT2D eigenvalue weighted by Gasteiger charge is -2.24. The molecule has 0 aromatic heterocycles. The van der Waals surface area contributed by atoms with Gasteiger partial charge in [-0.15, -0.1) is 0 Å². The molecule has 0 radical (unpaired) electrons. The molecule has 1 amide bonds. The van der Waals surface area contributed by atoms with E-state index in [-0.39, 0.29) is 5.41 Å². The predicted octanol–water partition coefficient (Wildman–Crippen LogP) is 0.561. The van der Waals surface area contributed by atoms with E-state index in [4.69, 9.17) is 17.6 Å². The number of carbonyl (C=O) groups excluding carboxylic acids is 1. The van der Waals surface area contributed by atoms with Crippen LogP contribution in [0.3, 0.4) is 0 Å². The molecule has 5 heteroatoms. The van der Waals surface area contributed by atoms with E-state index in [2.05, 4.69) is 4.39 Å². The van der Waals surface area contributed by atoms with Crippen LogP contribution in [0.5, 0.6) is 0 Å². The monoisotopic (exact) mass is 180 g/mol. The SMILES string of the molecule is CC(C)(C)C(N)C(=O)NOCl. The van der Waals surface area contributed by atoms with E-state index in [1.165, 1.54) is 0 Å². The Hall–Kier alpha value is -0.320. The summed E-state index contributed by atoms with van der Waals surface area (Å²) in [5, 5.41) is 0. The Kier molecular flexibility index (Phi) is 3.78. The Morgan fingerprint density at radius 3 is 2.36 bits per heavy atom. The summed E-state index contributed by atoms with van der Waals surface area (Å²) in [5.74, 6) is -0.424. The fraction of sp³-hybridized carbons (Fsp3) is 0.833. The molecule has 0 aliphatic rings. The van der Waals surface area contributed by atoms with Crippen molar-refractivity contribution in [2.75, 3.05) is 0 Å². The number of halogens is 1. The molecule has 0 fully saturated rings. The van der Waals surface area contributed by atoms with Gasteiger partial charge < -0.3 is 5.73 Å². The Balaban J connectivity index is 4.03. The maximum absolute atomic E-state index is 10.9. The molecular formula is C6H13ClN2O2. The van der Waals surface area contributed by atoms with E-state index in [9.17, 15) is 4.79 Å². The number of rotatable bonds is 2. The van der Waals surface area contributed by atoms with Crippen LogP contribution in [-0.4, -0.2) is 11.9 Å². The Labute approximate surface area is 71.2 Å². The molecule has 4 nitrogen and oxygen atoms in total. The molecule has 3 N–H and O–H groups in total. The molecule has 0 aliphatic carbocycles. The maximum atomic E-state index is 10.9. The van der Waals surface area contributed by atoms with Crippen LogP contribution in [0.4, 0.5) is 0 Å². The van der Waals surface area contributed by atoms with E-state index in [0.29, 0.717) is 0 Å². The van der Waals surface area contributed by atoms with Gasteiger partial charge in [0.2, 0.25) is 0 Å². The van der Waals surface area contributed by atoms with E-state index in [1.807, 2.05) is 26.3 Å². The zero-order chi connectivity index (χ0) is 9.07. The first-order valence-electron chi connectivity index (χ1n) is 3.22. The van der Waals surface area contributed by atoms with Crippen LogP contribution < -0.4 is 11.2 Å². The van der Waals surface area contributed by atoms with Crippen LogP contribution in [0, 0.1) is 5.41 Å². The van der Waals surface area contributed by atoms with Crippen molar-refractivity contribution in [1.82, 2.24) is 5.48 Å². The van der Waals surface area contributed by atoms with Crippen molar-refractivity contribution in [2.45, 2.75) is 26.8 Å². The fourth-order valence-electron chi connectivity index (χ4n) is 0.495. The van der Waals surface area contributed by atoms with Crippen molar-refractivity contribution in [2.24, 2.45) is 11.1 Å².